The van der Waals surface area contributed by atoms with Crippen LogP contribution < -0.4 is 0 Å². The summed E-state index contributed by atoms with van der Waals surface area (Å²) < 4.78 is 0. The van der Waals surface area contributed by atoms with Gasteiger partial charge in [-0.2, -0.15) is 0 Å². The van der Waals surface area contributed by atoms with E-state index < -0.39 is 0 Å². The van der Waals surface area contributed by atoms with Crippen molar-refractivity contribution in [3.8, 4) is 0 Å². The molecule has 0 saturated carbocycles. The molecule has 1 aromatic carbocycles. The number of benzene rings is 1. The Labute approximate surface area is 79.5 Å². The summed E-state index contributed by atoms with van der Waals surface area (Å²) in [7, 11) is 0. The molecule has 0 aromatic heterocycles. The molecule has 0 aliphatic carbocycles. The summed E-state index contributed by atoms with van der Waals surface area (Å²) in [6.45, 7) is 4.35. The van der Waals surface area contributed by atoms with Crippen molar-refractivity contribution < 1.29 is 0 Å². The summed E-state index contributed by atoms with van der Waals surface area (Å²) in [4.78, 5) is 4.60. The highest BCUT2D eigenvalue weighted by Gasteiger charge is 2.12. The Hall–Kier alpha value is -1.11. The summed E-state index contributed by atoms with van der Waals surface area (Å²) in [6, 6.07) is 6.66. The molecule has 1 heterocycles. The van der Waals surface area contributed by atoms with Crippen LogP contribution in [0.1, 0.15) is 31.4 Å². The molecule has 0 fully saturated rings. The number of aliphatic imine (C=N–C) groups is 1. The summed E-state index contributed by atoms with van der Waals surface area (Å²) in [5.41, 5.74) is 5.31. The molecule has 0 bridgehead atoms. The zero-order valence-electron chi connectivity index (χ0n) is 8.30. The maximum Gasteiger partial charge on any atom is 0.0667 e. The molecule has 13 heavy (non-hydrogen) atoms. The fourth-order valence-corrected chi connectivity index (χ4v) is 1.72. The lowest BCUT2D eigenvalue weighted by atomic mass is 10.1. The molecule has 0 amide bonds. The van der Waals surface area contributed by atoms with Gasteiger partial charge in [0.2, 0.25) is 0 Å². The molecular formula is C12H15N. The first-order chi connectivity index (χ1) is 6.33. The van der Waals surface area contributed by atoms with Crippen molar-refractivity contribution in [2.45, 2.75) is 33.1 Å². The fraction of sp³-hybridized carbons (Fsp3) is 0.417. The lowest BCUT2D eigenvalue weighted by molar-refractivity contribution is 1.13. The monoisotopic (exact) mass is 173 g/mol. The molecule has 0 N–H and O–H groups in total. The van der Waals surface area contributed by atoms with E-state index >= 15 is 0 Å². The highest BCUT2D eigenvalue weighted by atomic mass is 14.8. The number of hydrogen-bond donors (Lipinski definition) is 0. The highest BCUT2D eigenvalue weighted by molar-refractivity contribution is 5.93. The Balaban J connectivity index is 2.36. The first-order valence-corrected chi connectivity index (χ1v) is 5.01. The van der Waals surface area contributed by atoms with Crippen molar-refractivity contribution in [1.29, 1.82) is 0 Å². The SMILES string of the molecule is CCC1=Nc2cc(CC)ccc2C1. The van der Waals surface area contributed by atoms with Gasteiger partial charge in [-0.15, -0.1) is 0 Å². The minimum atomic E-state index is 1.07. The number of fused-ring (bicyclic) bond motifs is 1. The zero-order valence-corrected chi connectivity index (χ0v) is 8.30. The van der Waals surface area contributed by atoms with E-state index in [-0.39, 0.29) is 0 Å². The van der Waals surface area contributed by atoms with E-state index in [0.717, 1.165) is 19.3 Å². The van der Waals surface area contributed by atoms with E-state index in [0.29, 0.717) is 0 Å². The molecule has 1 aromatic rings. The smallest absolute Gasteiger partial charge is 0.0667 e. The van der Waals surface area contributed by atoms with Gasteiger partial charge in [0, 0.05) is 12.1 Å². The van der Waals surface area contributed by atoms with Gasteiger partial charge >= 0.3 is 0 Å². The molecule has 0 radical (unpaired) electrons. The Bertz CT molecular complexity index is 350. The Morgan fingerprint density at radius 2 is 2.08 bits per heavy atom. The van der Waals surface area contributed by atoms with Crippen molar-refractivity contribution in [2.75, 3.05) is 0 Å². The van der Waals surface area contributed by atoms with Crippen LogP contribution in [-0.2, 0) is 12.8 Å². The van der Waals surface area contributed by atoms with Crippen LogP contribution in [0.2, 0.25) is 0 Å². The van der Waals surface area contributed by atoms with Crippen LogP contribution >= 0.6 is 0 Å². The molecule has 0 saturated heterocycles. The average molecular weight is 173 g/mol. The van der Waals surface area contributed by atoms with Crippen LogP contribution in [0.3, 0.4) is 0 Å². The van der Waals surface area contributed by atoms with Crippen molar-refractivity contribution in [3.05, 3.63) is 29.3 Å². The molecule has 1 heteroatoms. The van der Waals surface area contributed by atoms with Crippen LogP contribution in [0.5, 0.6) is 0 Å². The summed E-state index contributed by atoms with van der Waals surface area (Å²) in [5, 5.41) is 0. The van der Waals surface area contributed by atoms with Gasteiger partial charge in [-0.3, -0.25) is 4.99 Å². The maximum atomic E-state index is 4.60. The Morgan fingerprint density at radius 1 is 1.23 bits per heavy atom. The largest absolute Gasteiger partial charge is 0.257 e. The first-order valence-electron chi connectivity index (χ1n) is 5.01. The van der Waals surface area contributed by atoms with Gasteiger partial charge in [-0.25, -0.2) is 0 Å². The maximum absolute atomic E-state index is 4.60. The van der Waals surface area contributed by atoms with Gasteiger partial charge in [-0.1, -0.05) is 26.0 Å². The number of rotatable bonds is 2. The molecule has 0 unspecified atom stereocenters. The van der Waals surface area contributed by atoms with Gasteiger partial charge in [0.1, 0.15) is 0 Å². The van der Waals surface area contributed by atoms with Crippen molar-refractivity contribution in [2.24, 2.45) is 4.99 Å². The summed E-state index contributed by atoms with van der Waals surface area (Å²) in [5.74, 6) is 0. The number of nitrogens with zero attached hydrogens (tertiary/aromatic N) is 1. The lowest BCUT2D eigenvalue weighted by Gasteiger charge is -1.99. The Kier molecular flexibility index (Phi) is 2.17. The highest BCUT2D eigenvalue weighted by Crippen LogP contribution is 2.28. The fourth-order valence-electron chi connectivity index (χ4n) is 1.72. The minimum absolute atomic E-state index is 1.07. The summed E-state index contributed by atoms with van der Waals surface area (Å²) >= 11 is 0. The molecule has 2 rings (SSSR count). The van der Waals surface area contributed by atoms with Crippen LogP contribution in [0.25, 0.3) is 0 Å². The van der Waals surface area contributed by atoms with Crippen molar-refractivity contribution in [1.82, 2.24) is 0 Å². The number of aryl methyl sites for hydroxylation is 1. The molecule has 68 valence electrons. The topological polar surface area (TPSA) is 12.4 Å². The van der Waals surface area contributed by atoms with Gasteiger partial charge in [-0.05, 0) is 30.0 Å². The van der Waals surface area contributed by atoms with Crippen molar-refractivity contribution >= 4 is 11.4 Å². The van der Waals surface area contributed by atoms with E-state index in [1.165, 1.54) is 22.5 Å². The van der Waals surface area contributed by atoms with Gasteiger partial charge in [0.25, 0.3) is 0 Å². The first kappa shape index (κ1) is 8.49. The van der Waals surface area contributed by atoms with Crippen LogP contribution in [0.15, 0.2) is 23.2 Å². The van der Waals surface area contributed by atoms with Crippen LogP contribution in [0.4, 0.5) is 5.69 Å². The van der Waals surface area contributed by atoms with E-state index in [9.17, 15) is 0 Å². The van der Waals surface area contributed by atoms with Crippen molar-refractivity contribution in [3.63, 3.8) is 0 Å². The van der Waals surface area contributed by atoms with E-state index in [1.807, 2.05) is 0 Å². The molecule has 1 aliphatic heterocycles. The second-order valence-electron chi connectivity index (χ2n) is 3.52. The number of hydrogen-bond acceptors (Lipinski definition) is 1. The predicted octanol–water partition coefficient (Wildman–Crippen LogP) is 3.29. The quantitative estimate of drug-likeness (QED) is 0.650. The van der Waals surface area contributed by atoms with E-state index in [1.54, 1.807) is 0 Å². The van der Waals surface area contributed by atoms with Gasteiger partial charge in [0.05, 0.1) is 5.69 Å². The molecular weight excluding hydrogens is 158 g/mol. The average Bonchev–Trinajstić information content (AvgIpc) is 2.58. The normalized spacial score (nSPS) is 14.2. The molecule has 1 nitrogen and oxygen atoms in total. The molecule has 1 aliphatic rings. The second-order valence-corrected chi connectivity index (χ2v) is 3.52. The zero-order chi connectivity index (χ0) is 9.26. The minimum Gasteiger partial charge on any atom is -0.257 e. The van der Waals surface area contributed by atoms with Crippen LogP contribution in [-0.4, -0.2) is 5.71 Å². The van der Waals surface area contributed by atoms with Gasteiger partial charge < -0.3 is 0 Å². The second kappa shape index (κ2) is 3.33. The van der Waals surface area contributed by atoms with Crippen LogP contribution in [0, 0.1) is 0 Å². The lowest BCUT2D eigenvalue weighted by Crippen LogP contribution is -1.93. The standard InChI is InChI=1S/C12H15N/c1-3-9-5-6-10-8-11(4-2)13-12(10)7-9/h5-7H,3-4,8H2,1-2H3. The third-order valence-corrected chi connectivity index (χ3v) is 2.64. The van der Waals surface area contributed by atoms with Gasteiger partial charge in [0.15, 0.2) is 0 Å². The molecule has 0 spiro atoms. The molecule has 0 atom stereocenters. The van der Waals surface area contributed by atoms with E-state index in [4.69, 9.17) is 0 Å². The summed E-state index contributed by atoms with van der Waals surface area (Å²) in [6.07, 6.45) is 3.25. The third-order valence-electron chi connectivity index (χ3n) is 2.64. The Morgan fingerprint density at radius 3 is 2.77 bits per heavy atom. The predicted molar refractivity (Wildman–Crippen MR) is 56.9 cm³/mol. The van der Waals surface area contributed by atoms with E-state index in [2.05, 4.69) is 37.0 Å². The third kappa shape index (κ3) is 1.51.